The molecule has 0 radical (unpaired) electrons. The van der Waals surface area contributed by atoms with E-state index >= 15 is 0 Å². The van der Waals surface area contributed by atoms with Gasteiger partial charge >= 0.3 is 0 Å². The first-order valence-electron chi connectivity index (χ1n) is 9.81. The third kappa shape index (κ3) is 4.51. The summed E-state index contributed by atoms with van der Waals surface area (Å²) in [6.45, 7) is 5.01. The van der Waals surface area contributed by atoms with E-state index in [-0.39, 0.29) is 5.16 Å². The van der Waals surface area contributed by atoms with E-state index in [0.29, 0.717) is 15.2 Å². The number of rotatable bonds is 9. The van der Waals surface area contributed by atoms with Gasteiger partial charge in [-0.25, -0.2) is 0 Å². The van der Waals surface area contributed by atoms with Gasteiger partial charge in [0.25, 0.3) is 0 Å². The molecule has 0 N–H and O–H groups in total. The molecule has 0 aliphatic heterocycles. The predicted octanol–water partition coefficient (Wildman–Crippen LogP) is 6.10. The summed E-state index contributed by atoms with van der Waals surface area (Å²) in [6.07, 6.45) is 2.94. The van der Waals surface area contributed by atoms with Crippen LogP contribution in [0.2, 0.25) is 0 Å². The van der Waals surface area contributed by atoms with E-state index in [1.807, 2.05) is 42.5 Å². The van der Waals surface area contributed by atoms with Gasteiger partial charge in [0.15, 0.2) is 6.29 Å². The number of aldehydes is 1. The van der Waals surface area contributed by atoms with E-state index < -0.39 is 0 Å². The Kier molecular flexibility index (Phi) is 7.01. The molecule has 0 bridgehead atoms. The lowest BCUT2D eigenvalue weighted by Gasteiger charge is -2.34. The number of para-hydroxylation sites is 1. The van der Waals surface area contributed by atoms with Crippen molar-refractivity contribution in [3.63, 3.8) is 0 Å². The molecule has 144 valence electrons. The smallest absolute Gasteiger partial charge is 0.150 e. The average molecular weight is 390 g/mol. The minimum absolute atomic E-state index is 0.0492. The number of hydrogen-bond acceptors (Lipinski definition) is 2. The Morgan fingerprint density at radius 3 is 2.21 bits per heavy atom. The van der Waals surface area contributed by atoms with Gasteiger partial charge in [0.2, 0.25) is 0 Å². The third-order valence-electron chi connectivity index (χ3n) is 5.31. The normalized spacial score (nSPS) is 11.6. The Balaban J connectivity index is 1.94. The van der Waals surface area contributed by atoms with E-state index in [1.54, 1.807) is 0 Å². The van der Waals surface area contributed by atoms with Crippen LogP contribution in [0.15, 0.2) is 78.9 Å². The van der Waals surface area contributed by atoms with Crippen molar-refractivity contribution in [2.45, 2.75) is 38.5 Å². The van der Waals surface area contributed by atoms with Crippen molar-refractivity contribution in [3.8, 4) is 5.75 Å². The summed E-state index contributed by atoms with van der Waals surface area (Å²) in [5.41, 5.74) is 3.18. The van der Waals surface area contributed by atoms with Gasteiger partial charge in [-0.2, -0.15) is 0 Å². The molecule has 3 rings (SSSR count). The standard InChI is InChI=1S/C25H27O2P/c1-3-25(4-2,28-24-17-11-8-14-21(24)18-26)22-15-9-10-16-23(22)27-19-20-12-6-5-7-13-20/h5-18,28H,3-4,19H2,1-2H3. The van der Waals surface area contributed by atoms with Crippen molar-refractivity contribution in [1.82, 2.24) is 0 Å². The van der Waals surface area contributed by atoms with Crippen LogP contribution in [0.1, 0.15) is 48.2 Å². The van der Waals surface area contributed by atoms with Crippen molar-refractivity contribution in [1.29, 1.82) is 0 Å². The summed E-state index contributed by atoms with van der Waals surface area (Å²) in [6, 6.07) is 26.5. The molecular weight excluding hydrogens is 363 g/mol. The summed E-state index contributed by atoms with van der Waals surface area (Å²) >= 11 is 0. The molecule has 0 amide bonds. The van der Waals surface area contributed by atoms with Gasteiger partial charge in [0.1, 0.15) is 12.4 Å². The lowest BCUT2D eigenvalue weighted by atomic mass is 9.92. The molecule has 0 saturated carbocycles. The SMILES string of the molecule is CCC(CC)(Pc1ccccc1C=O)c1ccccc1OCc1ccccc1. The van der Waals surface area contributed by atoms with Crippen molar-refractivity contribution in [2.24, 2.45) is 0 Å². The zero-order valence-corrected chi connectivity index (χ0v) is 17.5. The first-order chi connectivity index (χ1) is 13.7. The van der Waals surface area contributed by atoms with Crippen LogP contribution in [0.4, 0.5) is 0 Å². The summed E-state index contributed by atoms with van der Waals surface area (Å²) in [4.78, 5) is 11.5. The van der Waals surface area contributed by atoms with E-state index in [1.165, 1.54) is 5.56 Å². The summed E-state index contributed by atoms with van der Waals surface area (Å²) < 4.78 is 6.26. The second-order valence-corrected chi connectivity index (χ2v) is 8.64. The fraction of sp³-hybridized carbons (Fsp3) is 0.240. The van der Waals surface area contributed by atoms with Crippen molar-refractivity contribution >= 4 is 20.2 Å². The molecule has 1 atom stereocenters. The van der Waals surface area contributed by atoms with Gasteiger partial charge in [0, 0.05) is 16.3 Å². The number of hydrogen-bond donors (Lipinski definition) is 0. The molecule has 0 aliphatic carbocycles. The van der Waals surface area contributed by atoms with E-state index in [4.69, 9.17) is 4.74 Å². The minimum Gasteiger partial charge on any atom is -0.489 e. The lowest BCUT2D eigenvalue weighted by molar-refractivity contribution is 0.112. The highest BCUT2D eigenvalue weighted by molar-refractivity contribution is 7.48. The van der Waals surface area contributed by atoms with Gasteiger partial charge in [-0.05, 0) is 29.8 Å². The molecule has 0 fully saturated rings. The van der Waals surface area contributed by atoms with Crippen molar-refractivity contribution in [2.75, 3.05) is 0 Å². The highest BCUT2D eigenvalue weighted by atomic mass is 31.1. The van der Waals surface area contributed by atoms with Gasteiger partial charge in [0.05, 0.1) is 0 Å². The quantitative estimate of drug-likeness (QED) is 0.326. The summed E-state index contributed by atoms with van der Waals surface area (Å²) in [7, 11) is 0.505. The maximum atomic E-state index is 11.5. The molecule has 1 unspecified atom stereocenters. The number of carbonyl (C=O) groups is 1. The summed E-state index contributed by atoms with van der Waals surface area (Å²) in [5.74, 6) is 0.936. The zero-order valence-electron chi connectivity index (χ0n) is 16.5. The molecule has 0 saturated heterocycles. The first kappa shape index (κ1) is 20.3. The molecule has 2 nitrogen and oxygen atoms in total. The van der Waals surface area contributed by atoms with Crippen LogP contribution in [0.3, 0.4) is 0 Å². The first-order valence-corrected chi connectivity index (χ1v) is 10.8. The van der Waals surface area contributed by atoms with E-state index in [9.17, 15) is 4.79 Å². The van der Waals surface area contributed by atoms with Gasteiger partial charge in [-0.1, -0.05) is 95.2 Å². The van der Waals surface area contributed by atoms with Crippen LogP contribution in [-0.2, 0) is 11.8 Å². The van der Waals surface area contributed by atoms with Crippen LogP contribution in [0, 0.1) is 0 Å². The van der Waals surface area contributed by atoms with Crippen LogP contribution in [-0.4, -0.2) is 6.29 Å². The Morgan fingerprint density at radius 1 is 0.857 bits per heavy atom. The maximum Gasteiger partial charge on any atom is 0.150 e. The molecule has 0 aliphatic rings. The fourth-order valence-electron chi connectivity index (χ4n) is 3.57. The van der Waals surface area contributed by atoms with Gasteiger partial charge < -0.3 is 4.74 Å². The Labute approximate surface area is 169 Å². The number of benzene rings is 3. The molecule has 0 aromatic heterocycles. The van der Waals surface area contributed by atoms with Crippen molar-refractivity contribution in [3.05, 3.63) is 95.6 Å². The largest absolute Gasteiger partial charge is 0.489 e. The van der Waals surface area contributed by atoms with Gasteiger partial charge in [-0.3, -0.25) is 4.79 Å². The molecule has 3 aromatic carbocycles. The molecule has 0 heterocycles. The average Bonchev–Trinajstić information content (AvgIpc) is 2.77. The summed E-state index contributed by atoms with van der Waals surface area (Å²) in [5, 5.41) is 1.07. The predicted molar refractivity (Wildman–Crippen MR) is 119 cm³/mol. The monoisotopic (exact) mass is 390 g/mol. The molecular formula is C25H27O2P. The van der Waals surface area contributed by atoms with Crippen molar-refractivity contribution < 1.29 is 9.53 Å². The second-order valence-electron chi connectivity index (χ2n) is 6.89. The second kappa shape index (κ2) is 9.66. The Morgan fingerprint density at radius 2 is 1.50 bits per heavy atom. The number of ether oxygens (including phenoxy) is 1. The molecule has 28 heavy (non-hydrogen) atoms. The highest BCUT2D eigenvalue weighted by Gasteiger charge is 2.32. The highest BCUT2D eigenvalue weighted by Crippen LogP contribution is 2.50. The molecule has 3 aromatic rings. The third-order valence-corrected chi connectivity index (χ3v) is 7.49. The lowest BCUT2D eigenvalue weighted by Crippen LogP contribution is -2.23. The topological polar surface area (TPSA) is 26.3 Å². The molecule has 3 heteroatoms. The minimum atomic E-state index is -0.0492. The molecule has 0 spiro atoms. The van der Waals surface area contributed by atoms with E-state index in [2.05, 4.69) is 50.2 Å². The zero-order chi connectivity index (χ0) is 19.8. The van der Waals surface area contributed by atoms with Crippen LogP contribution >= 0.6 is 8.58 Å². The van der Waals surface area contributed by atoms with Crippen LogP contribution < -0.4 is 10.0 Å². The fourth-order valence-corrected chi connectivity index (χ4v) is 5.25. The Hall–Kier alpha value is -2.44. The Bertz CT molecular complexity index is 901. The van der Waals surface area contributed by atoms with Crippen LogP contribution in [0.25, 0.3) is 0 Å². The van der Waals surface area contributed by atoms with E-state index in [0.717, 1.165) is 41.3 Å². The van der Waals surface area contributed by atoms with Crippen LogP contribution in [0.5, 0.6) is 5.75 Å². The number of carbonyl (C=O) groups excluding carboxylic acids is 1. The van der Waals surface area contributed by atoms with Gasteiger partial charge in [-0.15, -0.1) is 0 Å². The maximum absolute atomic E-state index is 11.5.